The highest BCUT2D eigenvalue weighted by Gasteiger charge is 2.43. The molecule has 2 aliphatic heterocycles. The number of likely N-dealkylation sites (N-methyl/N-ethyl adjacent to an activating group) is 1. The van der Waals surface area contributed by atoms with Crippen LogP contribution in [-0.2, 0) is 9.59 Å². The van der Waals surface area contributed by atoms with Gasteiger partial charge >= 0.3 is 0 Å². The summed E-state index contributed by atoms with van der Waals surface area (Å²) in [5.74, 6) is -0.470. The van der Waals surface area contributed by atoms with Gasteiger partial charge in [0.15, 0.2) is 11.5 Å². The summed E-state index contributed by atoms with van der Waals surface area (Å²) in [4.78, 5) is 32.4. The van der Waals surface area contributed by atoms with Crippen molar-refractivity contribution in [1.29, 1.82) is 0 Å². The zero-order chi connectivity index (χ0) is 22.8. The molecule has 2 aromatic carbocycles. The molecule has 0 saturated carbocycles. The molecule has 0 aromatic heterocycles. The highest BCUT2D eigenvalue weighted by Crippen LogP contribution is 2.38. The third kappa shape index (κ3) is 3.82. The number of imide groups is 1. The van der Waals surface area contributed by atoms with Crippen LogP contribution in [-0.4, -0.2) is 68.6 Å². The molecule has 0 spiro atoms. The predicted octanol–water partition coefficient (Wildman–Crippen LogP) is 2.76. The summed E-state index contributed by atoms with van der Waals surface area (Å²) >= 11 is 0. The third-order valence-electron chi connectivity index (χ3n) is 5.93. The first-order valence-electron chi connectivity index (χ1n) is 10.6. The van der Waals surface area contributed by atoms with Gasteiger partial charge in [-0.15, -0.1) is 0 Å². The summed E-state index contributed by atoms with van der Waals surface area (Å²) in [6.07, 6.45) is 0. The van der Waals surface area contributed by atoms with E-state index in [1.54, 1.807) is 24.3 Å². The summed E-state index contributed by atoms with van der Waals surface area (Å²) in [6, 6.07) is 10.6. The van der Waals surface area contributed by atoms with Crippen LogP contribution in [0.25, 0.3) is 5.57 Å². The lowest BCUT2D eigenvalue weighted by Crippen LogP contribution is -2.47. The van der Waals surface area contributed by atoms with Gasteiger partial charge in [0, 0.05) is 26.2 Å². The van der Waals surface area contributed by atoms with Gasteiger partial charge in [0.25, 0.3) is 11.8 Å². The summed E-state index contributed by atoms with van der Waals surface area (Å²) in [7, 11) is 3.05. The Labute approximate surface area is 186 Å². The van der Waals surface area contributed by atoms with E-state index >= 15 is 0 Å². The van der Waals surface area contributed by atoms with Crippen molar-refractivity contribution in [3.8, 4) is 11.5 Å². The van der Waals surface area contributed by atoms with Crippen molar-refractivity contribution in [2.45, 2.75) is 6.92 Å². The van der Waals surface area contributed by atoms with Crippen LogP contribution in [0.5, 0.6) is 11.5 Å². The zero-order valence-electron chi connectivity index (χ0n) is 18.4. The Hall–Kier alpha value is -3.39. The predicted molar refractivity (Wildman–Crippen MR) is 119 cm³/mol. The van der Waals surface area contributed by atoms with Crippen molar-refractivity contribution in [3.63, 3.8) is 0 Å². The topological polar surface area (TPSA) is 62.3 Å². The molecule has 32 heavy (non-hydrogen) atoms. The molecule has 0 N–H and O–H groups in total. The number of carbonyl (C=O) groups is 2. The lowest BCUT2D eigenvalue weighted by atomic mass is 10.0. The lowest BCUT2D eigenvalue weighted by Gasteiger charge is -2.36. The van der Waals surface area contributed by atoms with Gasteiger partial charge in [-0.1, -0.05) is 19.1 Å². The minimum Gasteiger partial charge on any atom is -0.493 e. The number of ether oxygens (including phenoxy) is 2. The van der Waals surface area contributed by atoms with E-state index in [0.29, 0.717) is 35.8 Å². The molecular weight excluding hydrogens is 413 g/mol. The first kappa shape index (κ1) is 21.8. The van der Waals surface area contributed by atoms with E-state index in [4.69, 9.17) is 9.47 Å². The number of halogens is 1. The molecule has 2 aliphatic rings. The first-order valence-corrected chi connectivity index (χ1v) is 10.6. The largest absolute Gasteiger partial charge is 0.493 e. The average Bonchev–Trinajstić information content (AvgIpc) is 3.08. The molecule has 2 aromatic rings. The second-order valence-electron chi connectivity index (χ2n) is 7.64. The Morgan fingerprint density at radius 1 is 0.906 bits per heavy atom. The molecule has 8 heteroatoms. The van der Waals surface area contributed by atoms with Crippen LogP contribution in [0.2, 0.25) is 0 Å². The van der Waals surface area contributed by atoms with E-state index in [1.807, 2.05) is 4.90 Å². The number of hydrogen-bond acceptors (Lipinski definition) is 6. The van der Waals surface area contributed by atoms with E-state index in [1.165, 1.54) is 32.4 Å². The number of anilines is 1. The monoisotopic (exact) mass is 439 g/mol. The van der Waals surface area contributed by atoms with Crippen LogP contribution < -0.4 is 14.4 Å². The quantitative estimate of drug-likeness (QED) is 0.645. The smallest absolute Gasteiger partial charge is 0.282 e. The molecule has 0 bridgehead atoms. The van der Waals surface area contributed by atoms with Gasteiger partial charge in [0.05, 0.1) is 25.5 Å². The number of rotatable bonds is 6. The molecule has 0 unspecified atom stereocenters. The molecule has 2 amide bonds. The standard InChI is InChI=1S/C24H26FN3O4/c1-4-26-10-12-27(13-11-26)22-21(16-8-9-19(31-2)20(14-16)32-3)23(29)28(24(22)30)18-7-5-6-17(25)15-18/h5-9,14-15H,4,10-13H2,1-3H3. The van der Waals surface area contributed by atoms with Crippen molar-refractivity contribution in [2.75, 3.05) is 51.8 Å². The number of carbonyl (C=O) groups excluding carboxylic acids is 2. The second-order valence-corrected chi connectivity index (χ2v) is 7.64. The van der Waals surface area contributed by atoms with Crippen LogP contribution in [0, 0.1) is 5.82 Å². The van der Waals surface area contributed by atoms with Crippen LogP contribution in [0.1, 0.15) is 12.5 Å². The van der Waals surface area contributed by atoms with Crippen molar-refractivity contribution in [2.24, 2.45) is 0 Å². The maximum atomic E-state index is 13.9. The number of nitrogens with zero attached hydrogens (tertiary/aromatic N) is 3. The van der Waals surface area contributed by atoms with Crippen LogP contribution >= 0.6 is 0 Å². The minimum absolute atomic E-state index is 0.208. The first-order chi connectivity index (χ1) is 15.5. The third-order valence-corrected chi connectivity index (χ3v) is 5.93. The van der Waals surface area contributed by atoms with Gasteiger partial charge in [-0.25, -0.2) is 9.29 Å². The van der Waals surface area contributed by atoms with E-state index in [-0.39, 0.29) is 11.3 Å². The Kier molecular flexibility index (Phi) is 6.14. The molecule has 0 atom stereocenters. The van der Waals surface area contributed by atoms with E-state index < -0.39 is 17.6 Å². The van der Waals surface area contributed by atoms with Crippen molar-refractivity contribution < 1.29 is 23.5 Å². The number of hydrogen-bond donors (Lipinski definition) is 0. The van der Waals surface area contributed by atoms with E-state index in [0.717, 1.165) is 24.5 Å². The molecule has 7 nitrogen and oxygen atoms in total. The minimum atomic E-state index is -0.513. The number of methoxy groups -OCH3 is 2. The summed E-state index contributed by atoms with van der Waals surface area (Å²) in [5.41, 5.74) is 1.38. The van der Waals surface area contributed by atoms with Gasteiger partial charge in [-0.3, -0.25) is 9.59 Å². The van der Waals surface area contributed by atoms with Crippen LogP contribution in [0.15, 0.2) is 48.2 Å². The summed E-state index contributed by atoms with van der Waals surface area (Å²) in [6.45, 7) is 5.85. The number of amides is 2. The highest BCUT2D eigenvalue weighted by atomic mass is 19.1. The van der Waals surface area contributed by atoms with Gasteiger partial charge < -0.3 is 19.3 Å². The molecule has 2 heterocycles. The Bertz CT molecular complexity index is 1080. The molecular formula is C24H26FN3O4. The highest BCUT2D eigenvalue weighted by molar-refractivity contribution is 6.45. The lowest BCUT2D eigenvalue weighted by molar-refractivity contribution is -0.120. The molecule has 0 radical (unpaired) electrons. The van der Waals surface area contributed by atoms with Crippen LogP contribution in [0.3, 0.4) is 0 Å². The Balaban J connectivity index is 1.81. The van der Waals surface area contributed by atoms with Crippen molar-refractivity contribution in [1.82, 2.24) is 9.80 Å². The molecule has 168 valence electrons. The van der Waals surface area contributed by atoms with E-state index in [2.05, 4.69) is 11.8 Å². The summed E-state index contributed by atoms with van der Waals surface area (Å²) < 4.78 is 24.6. The van der Waals surface area contributed by atoms with Gasteiger partial charge in [-0.2, -0.15) is 0 Å². The maximum absolute atomic E-state index is 13.9. The molecule has 1 fully saturated rings. The fraction of sp³-hybridized carbons (Fsp3) is 0.333. The normalized spacial score (nSPS) is 17.4. The summed E-state index contributed by atoms with van der Waals surface area (Å²) in [5, 5.41) is 0. The fourth-order valence-electron chi connectivity index (χ4n) is 4.20. The van der Waals surface area contributed by atoms with Crippen molar-refractivity contribution >= 4 is 23.1 Å². The number of benzene rings is 2. The van der Waals surface area contributed by atoms with Crippen LogP contribution in [0.4, 0.5) is 10.1 Å². The average molecular weight is 439 g/mol. The van der Waals surface area contributed by atoms with Crippen molar-refractivity contribution in [3.05, 3.63) is 59.5 Å². The SMILES string of the molecule is CCN1CCN(C2=C(c3ccc(OC)c(OC)c3)C(=O)N(c3cccc(F)c3)C2=O)CC1. The molecule has 1 saturated heterocycles. The molecule has 4 rings (SSSR count). The zero-order valence-corrected chi connectivity index (χ0v) is 18.4. The fourth-order valence-corrected chi connectivity index (χ4v) is 4.20. The maximum Gasteiger partial charge on any atom is 0.282 e. The van der Waals surface area contributed by atoms with Gasteiger partial charge in [0.2, 0.25) is 0 Å². The molecule has 0 aliphatic carbocycles. The van der Waals surface area contributed by atoms with E-state index in [9.17, 15) is 14.0 Å². The Morgan fingerprint density at radius 2 is 1.62 bits per heavy atom. The Morgan fingerprint density at radius 3 is 2.25 bits per heavy atom. The second kappa shape index (κ2) is 9.00. The van der Waals surface area contributed by atoms with Gasteiger partial charge in [-0.05, 0) is 42.4 Å². The number of piperazine rings is 1. The van der Waals surface area contributed by atoms with Gasteiger partial charge in [0.1, 0.15) is 11.5 Å².